The van der Waals surface area contributed by atoms with Crippen LogP contribution in [0, 0.1) is 0 Å². The second kappa shape index (κ2) is 10.8. The van der Waals surface area contributed by atoms with Gasteiger partial charge >= 0.3 is 5.97 Å². The van der Waals surface area contributed by atoms with Gasteiger partial charge in [-0.25, -0.2) is 0 Å². The van der Waals surface area contributed by atoms with E-state index in [0.717, 1.165) is 37.0 Å². The summed E-state index contributed by atoms with van der Waals surface area (Å²) in [6.07, 6.45) is 5.17. The molecule has 0 heterocycles. The van der Waals surface area contributed by atoms with Crippen molar-refractivity contribution in [2.24, 2.45) is 0 Å². The zero-order chi connectivity index (χ0) is 18.8. The molecule has 1 atom stereocenters. The number of para-hydroxylation sites is 1. The molecule has 1 unspecified atom stereocenters. The number of benzene rings is 2. The topological polar surface area (TPSA) is 66.8 Å². The molecular formula is C21H26O4S. The fourth-order valence-corrected chi connectivity index (χ4v) is 2.90. The molecule has 2 rings (SSSR count). The van der Waals surface area contributed by atoms with Crippen LogP contribution >= 0.6 is 12.6 Å². The van der Waals surface area contributed by atoms with Crippen LogP contribution < -0.4 is 4.74 Å². The van der Waals surface area contributed by atoms with E-state index in [0.29, 0.717) is 25.2 Å². The van der Waals surface area contributed by atoms with Gasteiger partial charge in [0.15, 0.2) is 0 Å². The van der Waals surface area contributed by atoms with Crippen LogP contribution in [-0.2, 0) is 17.6 Å². The number of unbranched alkanes of at least 4 members (excludes halogenated alkanes) is 2. The first-order valence-corrected chi connectivity index (χ1v) is 9.47. The molecule has 0 saturated heterocycles. The van der Waals surface area contributed by atoms with Gasteiger partial charge in [0.2, 0.25) is 0 Å². The van der Waals surface area contributed by atoms with E-state index in [4.69, 9.17) is 9.84 Å². The second-order valence-corrected chi connectivity index (χ2v) is 6.95. The molecule has 2 N–H and O–H groups in total. The van der Waals surface area contributed by atoms with Gasteiger partial charge in [-0.1, -0.05) is 43.2 Å². The Bertz CT molecular complexity index is 685. The standard InChI is InChI=1S/C21H26O4S/c22-19-8-5-4-7-17(19)14-15-25-18-12-10-16(11-13-18)6-2-1-3-9-20(26)21(23)24/h4-5,7-8,10-13,20,22,26H,1-3,6,9,14-15H2,(H,23,24). The molecule has 0 aliphatic heterocycles. The van der Waals surface area contributed by atoms with Crippen molar-refractivity contribution in [1.82, 2.24) is 0 Å². The highest BCUT2D eigenvalue weighted by atomic mass is 32.1. The van der Waals surface area contributed by atoms with E-state index < -0.39 is 11.2 Å². The van der Waals surface area contributed by atoms with Crippen LogP contribution in [0.3, 0.4) is 0 Å². The lowest BCUT2D eigenvalue weighted by Crippen LogP contribution is -2.12. The minimum Gasteiger partial charge on any atom is -0.508 e. The number of thiol groups is 1. The van der Waals surface area contributed by atoms with Crippen LogP contribution in [0.15, 0.2) is 48.5 Å². The second-order valence-electron chi connectivity index (χ2n) is 6.32. The molecule has 5 heteroatoms. The van der Waals surface area contributed by atoms with E-state index in [1.54, 1.807) is 12.1 Å². The smallest absolute Gasteiger partial charge is 0.316 e. The SMILES string of the molecule is O=C(O)C(S)CCCCCc1ccc(OCCc2ccccc2O)cc1. The van der Waals surface area contributed by atoms with E-state index in [1.807, 2.05) is 24.3 Å². The summed E-state index contributed by atoms with van der Waals surface area (Å²) in [6.45, 7) is 0.519. The van der Waals surface area contributed by atoms with Gasteiger partial charge in [-0.3, -0.25) is 4.79 Å². The fourth-order valence-electron chi connectivity index (χ4n) is 2.72. The Balaban J connectivity index is 1.65. The van der Waals surface area contributed by atoms with Crippen LogP contribution in [0.4, 0.5) is 0 Å². The summed E-state index contributed by atoms with van der Waals surface area (Å²) in [5.74, 6) is 0.286. The Morgan fingerprint density at radius 3 is 2.42 bits per heavy atom. The maximum Gasteiger partial charge on any atom is 0.316 e. The first-order valence-electron chi connectivity index (χ1n) is 8.96. The van der Waals surface area contributed by atoms with E-state index in [2.05, 4.69) is 24.8 Å². The predicted molar refractivity (Wildman–Crippen MR) is 106 cm³/mol. The number of hydrogen-bond donors (Lipinski definition) is 3. The van der Waals surface area contributed by atoms with Gasteiger partial charge in [-0.2, -0.15) is 12.6 Å². The average molecular weight is 375 g/mol. The number of aryl methyl sites for hydroxylation is 1. The third-order valence-corrected chi connectivity index (χ3v) is 4.76. The molecule has 26 heavy (non-hydrogen) atoms. The number of hydrogen-bond acceptors (Lipinski definition) is 4. The largest absolute Gasteiger partial charge is 0.508 e. The zero-order valence-electron chi connectivity index (χ0n) is 14.8. The molecule has 0 radical (unpaired) electrons. The number of carboxylic acid groups (broad SMARTS) is 1. The molecule has 0 saturated carbocycles. The summed E-state index contributed by atoms with van der Waals surface area (Å²) in [6, 6.07) is 15.4. The van der Waals surface area contributed by atoms with Crippen LogP contribution in [0.2, 0.25) is 0 Å². The number of aromatic hydroxyl groups is 1. The summed E-state index contributed by atoms with van der Waals surface area (Å²) in [4.78, 5) is 10.7. The van der Waals surface area contributed by atoms with Gasteiger partial charge in [0, 0.05) is 6.42 Å². The highest BCUT2D eigenvalue weighted by Crippen LogP contribution is 2.18. The van der Waals surface area contributed by atoms with Gasteiger partial charge in [0.25, 0.3) is 0 Å². The average Bonchev–Trinajstić information content (AvgIpc) is 2.64. The van der Waals surface area contributed by atoms with E-state index in [9.17, 15) is 9.90 Å². The fraction of sp³-hybridized carbons (Fsp3) is 0.381. The van der Waals surface area contributed by atoms with Gasteiger partial charge in [0.1, 0.15) is 11.5 Å². The Kier molecular flexibility index (Phi) is 8.35. The molecule has 2 aromatic carbocycles. The third kappa shape index (κ3) is 7.00. The summed E-state index contributed by atoms with van der Waals surface area (Å²) < 4.78 is 5.74. The minimum absolute atomic E-state index is 0.305. The highest BCUT2D eigenvalue weighted by molar-refractivity contribution is 7.81. The number of aliphatic carboxylic acids is 1. The maximum absolute atomic E-state index is 10.7. The number of phenols is 1. The number of rotatable bonds is 11. The van der Waals surface area contributed by atoms with Crippen molar-refractivity contribution in [2.45, 2.75) is 43.8 Å². The zero-order valence-corrected chi connectivity index (χ0v) is 15.7. The Morgan fingerprint density at radius 2 is 1.73 bits per heavy atom. The molecule has 0 bridgehead atoms. The van der Waals surface area contributed by atoms with Crippen molar-refractivity contribution in [3.8, 4) is 11.5 Å². The normalized spacial score (nSPS) is 11.9. The molecule has 0 aliphatic rings. The van der Waals surface area contributed by atoms with Crippen LogP contribution in [-0.4, -0.2) is 28.0 Å². The number of carboxylic acids is 1. The summed E-state index contributed by atoms with van der Waals surface area (Å²) in [5, 5.41) is 18.0. The summed E-state index contributed by atoms with van der Waals surface area (Å²) in [7, 11) is 0. The van der Waals surface area contributed by atoms with Crippen molar-refractivity contribution in [3.63, 3.8) is 0 Å². The van der Waals surface area contributed by atoms with Crippen LogP contribution in [0.1, 0.15) is 36.8 Å². The van der Waals surface area contributed by atoms with Crippen molar-refractivity contribution < 1.29 is 19.7 Å². The third-order valence-electron chi connectivity index (χ3n) is 4.28. The molecular weight excluding hydrogens is 348 g/mol. The van der Waals surface area contributed by atoms with Crippen LogP contribution in [0.25, 0.3) is 0 Å². The molecule has 0 fully saturated rings. The van der Waals surface area contributed by atoms with Crippen molar-refractivity contribution in [2.75, 3.05) is 6.61 Å². The predicted octanol–water partition coefficient (Wildman–Crippen LogP) is 4.50. The molecule has 140 valence electrons. The summed E-state index contributed by atoms with van der Waals surface area (Å²) in [5.41, 5.74) is 2.13. The maximum atomic E-state index is 10.7. The van der Waals surface area contributed by atoms with Gasteiger partial charge in [0.05, 0.1) is 11.9 Å². The lowest BCUT2D eigenvalue weighted by Gasteiger charge is -2.09. The molecule has 0 aliphatic carbocycles. The highest BCUT2D eigenvalue weighted by Gasteiger charge is 2.10. The Labute approximate surface area is 160 Å². The van der Waals surface area contributed by atoms with E-state index in [-0.39, 0.29) is 0 Å². The number of carbonyl (C=O) groups is 1. The first kappa shape index (κ1) is 20.2. The van der Waals surface area contributed by atoms with E-state index >= 15 is 0 Å². The van der Waals surface area contributed by atoms with Crippen molar-refractivity contribution in [1.29, 1.82) is 0 Å². The molecule has 0 spiro atoms. The van der Waals surface area contributed by atoms with Crippen LogP contribution in [0.5, 0.6) is 11.5 Å². The Morgan fingerprint density at radius 1 is 1.00 bits per heavy atom. The lowest BCUT2D eigenvalue weighted by atomic mass is 10.1. The van der Waals surface area contributed by atoms with Gasteiger partial charge in [-0.15, -0.1) is 0 Å². The quantitative estimate of drug-likeness (QED) is 0.400. The monoisotopic (exact) mass is 374 g/mol. The van der Waals surface area contributed by atoms with Gasteiger partial charge < -0.3 is 14.9 Å². The number of phenolic OH excluding ortho intramolecular Hbond substituents is 1. The number of ether oxygens (including phenoxy) is 1. The molecule has 0 amide bonds. The molecule has 0 aromatic heterocycles. The first-order chi connectivity index (χ1) is 12.6. The van der Waals surface area contributed by atoms with Crippen molar-refractivity contribution >= 4 is 18.6 Å². The summed E-state index contributed by atoms with van der Waals surface area (Å²) >= 11 is 4.04. The minimum atomic E-state index is -0.841. The Hall–Kier alpha value is -2.14. The molecule has 2 aromatic rings. The van der Waals surface area contributed by atoms with Gasteiger partial charge in [-0.05, 0) is 48.6 Å². The van der Waals surface area contributed by atoms with E-state index in [1.165, 1.54) is 5.56 Å². The molecule has 4 nitrogen and oxygen atoms in total. The lowest BCUT2D eigenvalue weighted by molar-refractivity contribution is -0.136. The van der Waals surface area contributed by atoms with Crippen molar-refractivity contribution in [3.05, 3.63) is 59.7 Å².